The zero-order valence-electron chi connectivity index (χ0n) is 9.81. The third-order valence-electron chi connectivity index (χ3n) is 2.62. The topological polar surface area (TPSA) is 84.3 Å². The molecule has 17 heavy (non-hydrogen) atoms. The first-order valence-corrected chi connectivity index (χ1v) is 5.73. The molecule has 2 aromatic rings. The number of oxazole rings is 1. The summed E-state index contributed by atoms with van der Waals surface area (Å²) in [7, 11) is 0. The van der Waals surface area contributed by atoms with E-state index in [0.29, 0.717) is 22.8 Å². The highest BCUT2D eigenvalue weighted by molar-refractivity contribution is 5.86. The van der Waals surface area contributed by atoms with Crippen LogP contribution in [-0.4, -0.2) is 22.7 Å². The van der Waals surface area contributed by atoms with Crippen molar-refractivity contribution in [1.29, 1.82) is 0 Å². The summed E-state index contributed by atoms with van der Waals surface area (Å²) in [4.78, 5) is 4.30. The maximum absolute atomic E-state index is 8.75. The molecule has 1 atom stereocenters. The van der Waals surface area contributed by atoms with E-state index in [-0.39, 0.29) is 12.6 Å². The zero-order chi connectivity index (χ0) is 12.3. The Kier molecular flexibility index (Phi) is 3.49. The van der Waals surface area contributed by atoms with E-state index in [9.17, 15) is 0 Å². The molecule has 0 amide bonds. The fourth-order valence-electron chi connectivity index (χ4n) is 1.71. The molecule has 0 spiro atoms. The summed E-state index contributed by atoms with van der Waals surface area (Å²) in [6.07, 6.45) is 1.63. The van der Waals surface area contributed by atoms with E-state index in [2.05, 4.69) is 10.3 Å². The minimum atomic E-state index is 0.201. The van der Waals surface area contributed by atoms with Crippen LogP contribution in [0.3, 0.4) is 0 Å². The molecule has 0 radical (unpaired) electrons. The highest BCUT2D eigenvalue weighted by Gasteiger charge is 2.10. The first-order chi connectivity index (χ1) is 8.20. The second-order valence-corrected chi connectivity index (χ2v) is 4.12. The number of para-hydroxylation sites is 1. The number of aliphatic hydroxyl groups excluding tert-OH is 1. The average molecular weight is 235 g/mol. The van der Waals surface area contributed by atoms with Crippen LogP contribution in [0.1, 0.15) is 19.8 Å². The summed E-state index contributed by atoms with van der Waals surface area (Å²) in [5.41, 5.74) is 7.78. The number of fused-ring (bicyclic) bond motifs is 1. The Labute approximate surface area is 99.6 Å². The Morgan fingerprint density at radius 1 is 1.53 bits per heavy atom. The molecule has 0 aliphatic carbocycles. The van der Waals surface area contributed by atoms with E-state index < -0.39 is 0 Å². The molecule has 1 aromatic carbocycles. The van der Waals surface area contributed by atoms with Gasteiger partial charge in [0.1, 0.15) is 5.52 Å². The van der Waals surface area contributed by atoms with Crippen molar-refractivity contribution in [3.05, 3.63) is 18.2 Å². The summed E-state index contributed by atoms with van der Waals surface area (Å²) in [6.45, 7) is 2.22. The zero-order valence-corrected chi connectivity index (χ0v) is 9.81. The summed E-state index contributed by atoms with van der Waals surface area (Å²) >= 11 is 0. The number of hydrogen-bond donors (Lipinski definition) is 3. The summed E-state index contributed by atoms with van der Waals surface area (Å²) in [5, 5.41) is 11.9. The van der Waals surface area contributed by atoms with Gasteiger partial charge in [-0.3, -0.25) is 0 Å². The number of nitrogens with one attached hydrogen (secondary N) is 1. The number of nitrogens with two attached hydrogens (primary N) is 1. The van der Waals surface area contributed by atoms with Crippen molar-refractivity contribution in [3.8, 4) is 0 Å². The number of hydrogen-bond acceptors (Lipinski definition) is 5. The van der Waals surface area contributed by atoms with Crippen LogP contribution < -0.4 is 11.1 Å². The van der Waals surface area contributed by atoms with Crippen LogP contribution in [0.4, 0.5) is 11.7 Å². The monoisotopic (exact) mass is 235 g/mol. The van der Waals surface area contributed by atoms with Crippen LogP contribution in [0.5, 0.6) is 0 Å². The van der Waals surface area contributed by atoms with E-state index in [0.717, 1.165) is 12.8 Å². The van der Waals surface area contributed by atoms with Gasteiger partial charge in [0.25, 0.3) is 6.01 Å². The first-order valence-electron chi connectivity index (χ1n) is 5.73. The van der Waals surface area contributed by atoms with Gasteiger partial charge in [0, 0.05) is 12.6 Å². The van der Waals surface area contributed by atoms with E-state index in [1.54, 1.807) is 6.07 Å². The van der Waals surface area contributed by atoms with E-state index in [4.69, 9.17) is 15.3 Å². The number of nitrogen functional groups attached to an aromatic ring is 1. The Morgan fingerprint density at radius 2 is 2.35 bits per heavy atom. The van der Waals surface area contributed by atoms with Crippen molar-refractivity contribution in [1.82, 2.24) is 4.98 Å². The number of rotatable bonds is 5. The molecule has 0 bridgehead atoms. The third kappa shape index (κ3) is 2.68. The molecule has 1 unspecified atom stereocenters. The second-order valence-electron chi connectivity index (χ2n) is 4.12. The fraction of sp³-hybridized carbons (Fsp3) is 0.417. The molecule has 0 fully saturated rings. The van der Waals surface area contributed by atoms with Crippen LogP contribution >= 0.6 is 0 Å². The van der Waals surface area contributed by atoms with Gasteiger partial charge >= 0.3 is 0 Å². The minimum Gasteiger partial charge on any atom is -0.423 e. The molecule has 1 heterocycles. The van der Waals surface area contributed by atoms with Gasteiger partial charge in [-0.1, -0.05) is 6.07 Å². The summed E-state index contributed by atoms with van der Waals surface area (Å²) in [6, 6.07) is 6.15. The lowest BCUT2D eigenvalue weighted by atomic mass is 10.2. The van der Waals surface area contributed by atoms with Crippen molar-refractivity contribution >= 4 is 22.8 Å². The smallest absolute Gasteiger partial charge is 0.295 e. The highest BCUT2D eigenvalue weighted by atomic mass is 16.4. The fourth-order valence-corrected chi connectivity index (χ4v) is 1.71. The van der Waals surface area contributed by atoms with E-state index in [1.807, 2.05) is 19.1 Å². The number of aromatic nitrogens is 1. The molecule has 2 rings (SSSR count). The first kappa shape index (κ1) is 11.7. The van der Waals surface area contributed by atoms with Crippen LogP contribution in [0.15, 0.2) is 22.6 Å². The summed E-state index contributed by atoms with van der Waals surface area (Å²) < 4.78 is 5.53. The number of nitrogens with zero attached hydrogens (tertiary/aromatic N) is 1. The van der Waals surface area contributed by atoms with Crippen LogP contribution in [0.25, 0.3) is 11.1 Å². The molecule has 0 saturated heterocycles. The molecular formula is C12H17N3O2. The molecule has 4 N–H and O–H groups in total. The normalized spacial score (nSPS) is 12.8. The predicted molar refractivity (Wildman–Crippen MR) is 67.8 cm³/mol. The van der Waals surface area contributed by atoms with Crippen LogP contribution in [-0.2, 0) is 0 Å². The van der Waals surface area contributed by atoms with Crippen molar-refractivity contribution < 1.29 is 9.52 Å². The number of anilines is 2. The van der Waals surface area contributed by atoms with Gasteiger partial charge in [0.2, 0.25) is 0 Å². The number of aliphatic hydroxyl groups is 1. The lowest BCUT2D eigenvalue weighted by Crippen LogP contribution is -2.15. The predicted octanol–water partition coefficient (Wildman–Crippen LogP) is 1.98. The van der Waals surface area contributed by atoms with Crippen molar-refractivity contribution in [2.24, 2.45) is 0 Å². The SMILES string of the molecule is CC(CCCO)Nc1nc2c(N)cccc2o1. The molecule has 0 aliphatic heterocycles. The Morgan fingerprint density at radius 3 is 3.06 bits per heavy atom. The van der Waals surface area contributed by atoms with E-state index in [1.165, 1.54) is 0 Å². The van der Waals surface area contributed by atoms with Gasteiger partial charge in [-0.15, -0.1) is 0 Å². The minimum absolute atomic E-state index is 0.201. The van der Waals surface area contributed by atoms with Crippen LogP contribution in [0.2, 0.25) is 0 Å². The quantitative estimate of drug-likeness (QED) is 0.690. The largest absolute Gasteiger partial charge is 0.423 e. The van der Waals surface area contributed by atoms with Gasteiger partial charge in [0.05, 0.1) is 5.69 Å². The molecule has 5 nitrogen and oxygen atoms in total. The van der Waals surface area contributed by atoms with Gasteiger partial charge in [0.15, 0.2) is 5.58 Å². The summed E-state index contributed by atoms with van der Waals surface area (Å²) in [5.74, 6) is 0. The highest BCUT2D eigenvalue weighted by Crippen LogP contribution is 2.24. The van der Waals surface area contributed by atoms with Gasteiger partial charge in [-0.2, -0.15) is 4.98 Å². The maximum Gasteiger partial charge on any atom is 0.295 e. The standard InChI is InChI=1S/C12H17N3O2/c1-8(4-3-7-16)14-12-15-11-9(13)5-2-6-10(11)17-12/h2,5-6,8,16H,3-4,7,13H2,1H3,(H,14,15). The van der Waals surface area contributed by atoms with Gasteiger partial charge in [-0.05, 0) is 31.9 Å². The average Bonchev–Trinajstić information content (AvgIpc) is 2.70. The van der Waals surface area contributed by atoms with E-state index >= 15 is 0 Å². The lowest BCUT2D eigenvalue weighted by molar-refractivity contribution is 0.282. The lowest BCUT2D eigenvalue weighted by Gasteiger charge is -2.10. The van der Waals surface area contributed by atoms with Crippen LogP contribution in [0, 0.1) is 0 Å². The van der Waals surface area contributed by atoms with Gasteiger partial charge < -0.3 is 20.6 Å². The second kappa shape index (κ2) is 5.05. The van der Waals surface area contributed by atoms with Gasteiger partial charge in [-0.25, -0.2) is 0 Å². The Hall–Kier alpha value is -1.75. The molecular weight excluding hydrogens is 218 g/mol. The van der Waals surface area contributed by atoms with Crippen molar-refractivity contribution in [2.45, 2.75) is 25.8 Å². The molecule has 0 aliphatic rings. The molecule has 0 saturated carbocycles. The molecule has 92 valence electrons. The Bertz CT molecular complexity index is 495. The van der Waals surface area contributed by atoms with Crippen molar-refractivity contribution in [2.75, 3.05) is 17.7 Å². The Balaban J connectivity index is 2.11. The third-order valence-corrected chi connectivity index (χ3v) is 2.62. The maximum atomic E-state index is 8.75. The molecule has 5 heteroatoms. The van der Waals surface area contributed by atoms with Crippen molar-refractivity contribution in [3.63, 3.8) is 0 Å². The number of benzene rings is 1. The molecule has 1 aromatic heterocycles.